The molecule has 0 atom stereocenters. The summed E-state index contributed by atoms with van der Waals surface area (Å²) in [6.07, 6.45) is 2.17. The Bertz CT molecular complexity index is 1260. The van der Waals surface area contributed by atoms with Crippen molar-refractivity contribution >= 4 is 28.2 Å². The lowest BCUT2D eigenvalue weighted by atomic mass is 10.0. The maximum atomic E-state index is 5.02. The molecule has 6 heteroatoms. The van der Waals surface area contributed by atoms with Crippen LogP contribution in [-0.2, 0) is 12.6 Å². The van der Waals surface area contributed by atoms with Crippen LogP contribution in [0.5, 0.6) is 0 Å². The van der Waals surface area contributed by atoms with Crippen molar-refractivity contribution in [3.05, 3.63) is 66.4 Å². The van der Waals surface area contributed by atoms with Gasteiger partial charge in [0.1, 0.15) is 11.6 Å². The number of benzene rings is 2. The molecule has 2 aromatic heterocycles. The van der Waals surface area contributed by atoms with Crippen LogP contribution in [0.3, 0.4) is 0 Å². The molecule has 160 valence electrons. The minimum absolute atomic E-state index is 0.311. The molecular formula is C25H30N6. The predicted molar refractivity (Wildman–Crippen MR) is 127 cm³/mol. The fraction of sp³-hybridized carbons (Fsp3) is 0.360. The van der Waals surface area contributed by atoms with E-state index in [0.717, 1.165) is 35.2 Å². The van der Waals surface area contributed by atoms with E-state index in [1.165, 1.54) is 11.4 Å². The highest BCUT2D eigenvalue weighted by Gasteiger charge is 2.40. The van der Waals surface area contributed by atoms with Crippen molar-refractivity contribution in [2.45, 2.75) is 46.2 Å². The molecule has 4 aromatic rings. The summed E-state index contributed by atoms with van der Waals surface area (Å²) in [6, 6.07) is 17.3. The van der Waals surface area contributed by atoms with Gasteiger partial charge in [0.05, 0.1) is 34.6 Å². The van der Waals surface area contributed by atoms with Gasteiger partial charge < -0.3 is 18.9 Å². The highest BCUT2D eigenvalue weighted by molar-refractivity contribution is 5.82. The average molecular weight is 415 g/mol. The first-order valence-electron chi connectivity index (χ1n) is 10.9. The van der Waals surface area contributed by atoms with Gasteiger partial charge in [0.15, 0.2) is 5.82 Å². The first kappa shape index (κ1) is 19.7. The quantitative estimate of drug-likeness (QED) is 0.442. The summed E-state index contributed by atoms with van der Waals surface area (Å²) in [5.74, 6) is 3.08. The van der Waals surface area contributed by atoms with Crippen molar-refractivity contribution < 1.29 is 0 Å². The van der Waals surface area contributed by atoms with Gasteiger partial charge in [0.2, 0.25) is 0 Å². The van der Waals surface area contributed by atoms with Crippen LogP contribution in [0.2, 0.25) is 0 Å². The molecule has 0 radical (unpaired) electrons. The van der Waals surface area contributed by atoms with Gasteiger partial charge in [0.25, 0.3) is 0 Å². The Morgan fingerprint density at radius 2 is 1.61 bits per heavy atom. The minimum atomic E-state index is -0.311. The number of rotatable bonds is 4. The van der Waals surface area contributed by atoms with Crippen LogP contribution in [0.1, 0.15) is 45.4 Å². The number of hydrogen-bond acceptors (Lipinski definition) is 4. The van der Waals surface area contributed by atoms with E-state index in [2.05, 4.69) is 109 Å². The lowest BCUT2D eigenvalue weighted by molar-refractivity contribution is 0.452. The maximum Gasteiger partial charge on any atom is 0.153 e. The number of nitrogens with zero attached hydrogens (tertiary/aromatic N) is 6. The summed E-state index contributed by atoms with van der Waals surface area (Å²) in [5.41, 5.74) is 4.26. The Morgan fingerprint density at radius 1 is 0.935 bits per heavy atom. The second kappa shape index (κ2) is 6.87. The van der Waals surface area contributed by atoms with Gasteiger partial charge in [-0.3, -0.25) is 0 Å². The molecule has 2 aromatic carbocycles. The van der Waals surface area contributed by atoms with Crippen molar-refractivity contribution in [1.29, 1.82) is 0 Å². The lowest BCUT2D eigenvalue weighted by Crippen LogP contribution is -2.44. The third-order valence-electron chi connectivity index (χ3n) is 6.49. The molecule has 0 saturated carbocycles. The fourth-order valence-corrected chi connectivity index (χ4v) is 4.82. The van der Waals surface area contributed by atoms with Gasteiger partial charge in [-0.05, 0) is 58.9 Å². The lowest BCUT2D eigenvalue weighted by Gasteiger charge is -2.37. The molecule has 0 aliphatic carbocycles. The van der Waals surface area contributed by atoms with E-state index < -0.39 is 0 Å². The fourth-order valence-electron chi connectivity index (χ4n) is 4.82. The SMILES string of the molecule is Cc1nc(N2CN(C(C)(C)c3nc4ccccc4n3C)c3ccccc32)cn1C(C)C. The van der Waals surface area contributed by atoms with E-state index in [1.807, 2.05) is 6.07 Å². The number of aryl methyl sites for hydroxylation is 2. The number of fused-ring (bicyclic) bond motifs is 2. The van der Waals surface area contributed by atoms with Gasteiger partial charge in [-0.1, -0.05) is 24.3 Å². The van der Waals surface area contributed by atoms with Crippen LogP contribution >= 0.6 is 0 Å². The molecule has 1 aliphatic rings. The summed E-state index contributed by atoms with van der Waals surface area (Å²) in [7, 11) is 2.11. The van der Waals surface area contributed by atoms with Gasteiger partial charge in [-0.15, -0.1) is 0 Å². The normalized spacial score (nSPS) is 14.2. The zero-order valence-electron chi connectivity index (χ0n) is 19.2. The van der Waals surface area contributed by atoms with Crippen molar-refractivity contribution in [2.75, 3.05) is 16.5 Å². The second-order valence-corrected chi connectivity index (χ2v) is 9.18. The summed E-state index contributed by atoms with van der Waals surface area (Å²) in [4.78, 5) is 14.7. The minimum Gasteiger partial charge on any atom is -0.339 e. The predicted octanol–water partition coefficient (Wildman–Crippen LogP) is 5.51. The Hall–Kier alpha value is -3.28. The van der Waals surface area contributed by atoms with Crippen molar-refractivity contribution in [2.24, 2.45) is 7.05 Å². The zero-order valence-corrected chi connectivity index (χ0v) is 19.2. The standard InChI is InChI=1S/C25H30N6/c1-17(2)29-15-23(26-18(29)3)30-16-31(22-14-10-9-13-21(22)30)25(4,5)24-27-19-11-7-8-12-20(19)28(24)6/h7-15,17H,16H2,1-6H3. The summed E-state index contributed by atoms with van der Waals surface area (Å²) in [6.45, 7) is 11.7. The van der Waals surface area contributed by atoms with Crippen LogP contribution in [0.4, 0.5) is 17.2 Å². The largest absolute Gasteiger partial charge is 0.339 e. The molecule has 31 heavy (non-hydrogen) atoms. The average Bonchev–Trinajstić information content (AvgIpc) is 3.42. The Morgan fingerprint density at radius 3 is 2.29 bits per heavy atom. The van der Waals surface area contributed by atoms with E-state index in [-0.39, 0.29) is 5.54 Å². The van der Waals surface area contributed by atoms with Gasteiger partial charge in [-0.25, -0.2) is 9.97 Å². The Balaban J connectivity index is 1.60. The first-order chi connectivity index (χ1) is 14.8. The Labute approximate surface area is 183 Å². The highest BCUT2D eigenvalue weighted by atomic mass is 15.4. The van der Waals surface area contributed by atoms with E-state index in [0.29, 0.717) is 6.04 Å². The monoisotopic (exact) mass is 414 g/mol. The molecule has 0 amide bonds. The molecule has 0 saturated heterocycles. The van der Waals surface area contributed by atoms with Crippen LogP contribution in [0, 0.1) is 6.92 Å². The molecule has 0 N–H and O–H groups in total. The topological polar surface area (TPSA) is 42.1 Å². The van der Waals surface area contributed by atoms with Crippen LogP contribution in [0.15, 0.2) is 54.7 Å². The molecule has 1 aliphatic heterocycles. The molecular weight excluding hydrogens is 384 g/mol. The molecule has 3 heterocycles. The molecule has 5 rings (SSSR count). The molecule has 0 bridgehead atoms. The van der Waals surface area contributed by atoms with Crippen LogP contribution in [0.25, 0.3) is 11.0 Å². The number of aromatic nitrogens is 4. The summed E-state index contributed by atoms with van der Waals surface area (Å²) < 4.78 is 4.45. The van der Waals surface area contributed by atoms with E-state index >= 15 is 0 Å². The van der Waals surface area contributed by atoms with Gasteiger partial charge in [-0.2, -0.15) is 0 Å². The molecule has 0 spiro atoms. The highest BCUT2D eigenvalue weighted by Crippen LogP contribution is 2.46. The smallest absolute Gasteiger partial charge is 0.153 e. The number of imidazole rings is 2. The van der Waals surface area contributed by atoms with Crippen LogP contribution < -0.4 is 9.80 Å². The van der Waals surface area contributed by atoms with Crippen molar-refractivity contribution in [3.8, 4) is 0 Å². The van der Waals surface area contributed by atoms with Crippen molar-refractivity contribution in [1.82, 2.24) is 19.1 Å². The van der Waals surface area contributed by atoms with E-state index in [1.54, 1.807) is 0 Å². The Kier molecular flexibility index (Phi) is 4.36. The third kappa shape index (κ3) is 2.92. The summed E-state index contributed by atoms with van der Waals surface area (Å²) in [5, 5.41) is 0. The van der Waals surface area contributed by atoms with Gasteiger partial charge >= 0.3 is 0 Å². The summed E-state index contributed by atoms with van der Waals surface area (Å²) >= 11 is 0. The number of anilines is 3. The van der Waals surface area contributed by atoms with E-state index in [4.69, 9.17) is 9.97 Å². The van der Waals surface area contributed by atoms with Gasteiger partial charge in [0, 0.05) is 19.3 Å². The second-order valence-electron chi connectivity index (χ2n) is 9.18. The molecule has 6 nitrogen and oxygen atoms in total. The zero-order chi connectivity index (χ0) is 21.9. The number of hydrogen-bond donors (Lipinski definition) is 0. The maximum absolute atomic E-state index is 5.02. The van der Waals surface area contributed by atoms with E-state index in [9.17, 15) is 0 Å². The third-order valence-corrected chi connectivity index (χ3v) is 6.49. The molecule has 0 fully saturated rings. The number of para-hydroxylation sites is 4. The molecule has 0 unspecified atom stereocenters. The van der Waals surface area contributed by atoms with Crippen LogP contribution in [-0.4, -0.2) is 25.8 Å². The first-order valence-corrected chi connectivity index (χ1v) is 10.9. The van der Waals surface area contributed by atoms with Crippen molar-refractivity contribution in [3.63, 3.8) is 0 Å².